The van der Waals surface area contributed by atoms with Crippen LogP contribution in [0, 0.1) is 0 Å². The van der Waals surface area contributed by atoms with Crippen molar-refractivity contribution >= 4 is 18.3 Å². The summed E-state index contributed by atoms with van der Waals surface area (Å²) in [5, 5.41) is 0. The quantitative estimate of drug-likeness (QED) is 0.776. The molecule has 5 nitrogen and oxygen atoms in total. The second kappa shape index (κ2) is 9.58. The van der Waals surface area contributed by atoms with Crippen LogP contribution in [0.2, 0.25) is 0 Å². The lowest BCUT2D eigenvalue weighted by molar-refractivity contribution is 0.0747. The molecule has 0 spiro atoms. The highest BCUT2D eigenvalue weighted by atomic mass is 35.5. The number of methoxy groups -OCH3 is 1. The van der Waals surface area contributed by atoms with Gasteiger partial charge in [0, 0.05) is 32.3 Å². The van der Waals surface area contributed by atoms with E-state index in [4.69, 9.17) is 15.2 Å². The largest absolute Gasteiger partial charge is 0.491 e. The van der Waals surface area contributed by atoms with Gasteiger partial charge in [0.15, 0.2) is 0 Å². The van der Waals surface area contributed by atoms with Crippen LogP contribution in [0.5, 0.6) is 5.75 Å². The summed E-state index contributed by atoms with van der Waals surface area (Å²) in [4.78, 5) is 13.9. The summed E-state index contributed by atoms with van der Waals surface area (Å²) >= 11 is 0. The van der Waals surface area contributed by atoms with Gasteiger partial charge in [0.05, 0.1) is 6.61 Å². The monoisotopic (exact) mass is 302 g/mol. The van der Waals surface area contributed by atoms with Crippen LogP contribution in [0.25, 0.3) is 0 Å². The molecule has 0 fully saturated rings. The molecule has 2 N–H and O–H groups in total. The molecule has 0 aliphatic heterocycles. The van der Waals surface area contributed by atoms with Crippen molar-refractivity contribution in [2.45, 2.75) is 13.0 Å². The first-order valence-electron chi connectivity index (χ1n) is 6.29. The predicted molar refractivity (Wildman–Crippen MR) is 81.7 cm³/mol. The van der Waals surface area contributed by atoms with Crippen LogP contribution in [-0.4, -0.2) is 50.8 Å². The van der Waals surface area contributed by atoms with Crippen molar-refractivity contribution in [3.8, 4) is 5.75 Å². The second-order valence-corrected chi connectivity index (χ2v) is 4.37. The molecule has 1 amide bonds. The normalized spacial score (nSPS) is 11.4. The average molecular weight is 303 g/mol. The van der Waals surface area contributed by atoms with Gasteiger partial charge in [-0.3, -0.25) is 4.79 Å². The van der Waals surface area contributed by atoms with E-state index in [2.05, 4.69) is 0 Å². The molecule has 0 bridgehead atoms. The molecule has 1 aromatic carbocycles. The highest BCUT2D eigenvalue weighted by Crippen LogP contribution is 2.15. The number of hydrogen-bond acceptors (Lipinski definition) is 4. The maximum Gasteiger partial charge on any atom is 0.254 e. The van der Waals surface area contributed by atoms with Crippen LogP contribution in [0.15, 0.2) is 24.3 Å². The molecule has 6 heteroatoms. The van der Waals surface area contributed by atoms with Crippen LogP contribution in [0.3, 0.4) is 0 Å². The minimum absolute atomic E-state index is 0. The Hall–Kier alpha value is -1.30. The number of benzene rings is 1. The second-order valence-electron chi connectivity index (χ2n) is 4.37. The third-order valence-corrected chi connectivity index (χ3v) is 2.96. The van der Waals surface area contributed by atoms with Gasteiger partial charge in [-0.15, -0.1) is 12.4 Å². The lowest BCUT2D eigenvalue weighted by atomic mass is 10.1. The zero-order valence-corrected chi connectivity index (χ0v) is 13.0. The number of ether oxygens (including phenoxy) is 2. The van der Waals surface area contributed by atoms with E-state index >= 15 is 0 Å². The van der Waals surface area contributed by atoms with Gasteiger partial charge in [-0.2, -0.15) is 0 Å². The molecule has 0 heterocycles. The van der Waals surface area contributed by atoms with Gasteiger partial charge in [0.1, 0.15) is 12.4 Å². The molecule has 1 rings (SSSR count). The van der Waals surface area contributed by atoms with E-state index < -0.39 is 0 Å². The molecule has 0 radical (unpaired) electrons. The summed E-state index contributed by atoms with van der Waals surface area (Å²) in [7, 11) is 3.37. The van der Waals surface area contributed by atoms with Crippen molar-refractivity contribution in [1.82, 2.24) is 4.90 Å². The summed E-state index contributed by atoms with van der Waals surface area (Å²) in [6.07, 6.45) is 0. The van der Waals surface area contributed by atoms with Gasteiger partial charge >= 0.3 is 0 Å². The first kappa shape index (κ1) is 18.7. The molecule has 114 valence electrons. The number of hydrogen-bond donors (Lipinski definition) is 1. The summed E-state index contributed by atoms with van der Waals surface area (Å²) < 4.78 is 10.4. The molecule has 1 aromatic rings. The fraction of sp³-hybridized carbons (Fsp3) is 0.500. The number of carbonyl (C=O) groups is 1. The Morgan fingerprint density at radius 2 is 2.10 bits per heavy atom. The molecule has 0 aliphatic rings. The van der Waals surface area contributed by atoms with Crippen LogP contribution >= 0.6 is 12.4 Å². The number of carbonyl (C=O) groups excluding carboxylic acids is 1. The Labute approximate surface area is 126 Å². The fourth-order valence-electron chi connectivity index (χ4n) is 1.52. The summed E-state index contributed by atoms with van der Waals surface area (Å²) in [6.45, 7) is 3.33. The highest BCUT2D eigenvalue weighted by molar-refractivity contribution is 5.94. The zero-order valence-electron chi connectivity index (χ0n) is 12.2. The minimum atomic E-state index is -0.0601. The Kier molecular flexibility index (Phi) is 8.96. The van der Waals surface area contributed by atoms with Crippen molar-refractivity contribution in [2.75, 3.05) is 33.9 Å². The van der Waals surface area contributed by atoms with Crippen LogP contribution in [0.1, 0.15) is 17.3 Å². The zero-order chi connectivity index (χ0) is 14.3. The predicted octanol–water partition coefficient (Wildman–Crippen LogP) is 1.55. The van der Waals surface area contributed by atoms with E-state index in [-0.39, 0.29) is 24.4 Å². The lowest BCUT2D eigenvalue weighted by Gasteiger charge is -2.23. The number of halogens is 1. The third-order valence-electron chi connectivity index (χ3n) is 2.96. The number of nitrogens with two attached hydrogens (primary N) is 1. The first-order valence-corrected chi connectivity index (χ1v) is 6.29. The van der Waals surface area contributed by atoms with Crippen molar-refractivity contribution < 1.29 is 14.3 Å². The summed E-state index contributed by atoms with van der Waals surface area (Å²) in [6, 6.07) is 7.13. The van der Waals surface area contributed by atoms with Crippen LogP contribution < -0.4 is 10.5 Å². The van der Waals surface area contributed by atoms with Gasteiger partial charge in [-0.05, 0) is 25.1 Å². The third kappa shape index (κ3) is 5.36. The number of amides is 1. The van der Waals surface area contributed by atoms with Gasteiger partial charge < -0.3 is 20.1 Å². The van der Waals surface area contributed by atoms with Crippen molar-refractivity contribution in [3.63, 3.8) is 0 Å². The number of nitrogens with zero attached hydrogens (tertiary/aromatic N) is 1. The van der Waals surface area contributed by atoms with Gasteiger partial charge in [-0.25, -0.2) is 0 Å². The van der Waals surface area contributed by atoms with Crippen molar-refractivity contribution in [1.29, 1.82) is 0 Å². The Balaban J connectivity index is 0.00000361. The van der Waals surface area contributed by atoms with Gasteiger partial charge in [-0.1, -0.05) is 6.07 Å². The summed E-state index contributed by atoms with van der Waals surface area (Å²) in [5.41, 5.74) is 6.16. The Morgan fingerprint density at radius 1 is 1.40 bits per heavy atom. The van der Waals surface area contributed by atoms with E-state index in [0.29, 0.717) is 31.1 Å². The van der Waals surface area contributed by atoms with E-state index in [1.807, 2.05) is 13.0 Å². The van der Waals surface area contributed by atoms with Gasteiger partial charge in [0.2, 0.25) is 0 Å². The average Bonchev–Trinajstić information content (AvgIpc) is 2.45. The van der Waals surface area contributed by atoms with E-state index in [1.54, 1.807) is 37.3 Å². The maximum absolute atomic E-state index is 12.2. The maximum atomic E-state index is 12.2. The Bertz CT molecular complexity index is 415. The smallest absolute Gasteiger partial charge is 0.254 e. The van der Waals surface area contributed by atoms with E-state index in [1.165, 1.54) is 0 Å². The van der Waals surface area contributed by atoms with Crippen LogP contribution in [0.4, 0.5) is 0 Å². The molecular weight excluding hydrogens is 280 g/mol. The van der Waals surface area contributed by atoms with Crippen LogP contribution in [-0.2, 0) is 4.74 Å². The molecule has 1 unspecified atom stereocenters. The number of rotatable bonds is 7. The number of likely N-dealkylation sites (N-methyl/N-ethyl adjacent to an activating group) is 1. The topological polar surface area (TPSA) is 64.8 Å². The standard InChI is InChI=1S/C14H22N2O3.ClH/c1-11(10-15)16(2)14(17)12-5-4-6-13(9-12)19-8-7-18-3;/h4-6,9,11H,7-8,10,15H2,1-3H3;1H. The summed E-state index contributed by atoms with van der Waals surface area (Å²) in [5.74, 6) is 0.604. The molecular formula is C14H23ClN2O3. The fourth-order valence-corrected chi connectivity index (χ4v) is 1.52. The molecule has 0 saturated carbocycles. The highest BCUT2D eigenvalue weighted by Gasteiger charge is 2.16. The van der Waals surface area contributed by atoms with Gasteiger partial charge in [0.25, 0.3) is 5.91 Å². The molecule has 0 aliphatic carbocycles. The molecule has 20 heavy (non-hydrogen) atoms. The van der Waals surface area contributed by atoms with Crippen molar-refractivity contribution in [3.05, 3.63) is 29.8 Å². The SMILES string of the molecule is COCCOc1cccc(C(=O)N(C)C(C)CN)c1.Cl. The molecule has 1 atom stereocenters. The van der Waals surface area contributed by atoms with Crippen molar-refractivity contribution in [2.24, 2.45) is 5.73 Å². The first-order chi connectivity index (χ1) is 9.10. The molecule has 0 aromatic heterocycles. The van der Waals surface area contributed by atoms with E-state index in [9.17, 15) is 4.79 Å². The van der Waals surface area contributed by atoms with E-state index in [0.717, 1.165) is 0 Å². The minimum Gasteiger partial charge on any atom is -0.491 e. The Morgan fingerprint density at radius 3 is 2.70 bits per heavy atom. The molecule has 0 saturated heterocycles. The lowest BCUT2D eigenvalue weighted by Crippen LogP contribution is -2.39.